The Kier molecular flexibility index (Phi) is 5.29. The molecule has 0 aliphatic carbocycles. The Morgan fingerprint density at radius 1 is 1.23 bits per heavy atom. The summed E-state index contributed by atoms with van der Waals surface area (Å²) < 4.78 is 16.3. The number of thiocarbonyl (C=S) groups is 1. The van der Waals surface area contributed by atoms with Crippen molar-refractivity contribution in [1.82, 2.24) is 5.32 Å². The number of methoxy groups -OCH3 is 1. The second kappa shape index (κ2) is 8.05. The average molecular weight is 421 g/mol. The molecule has 0 amide bonds. The van der Waals surface area contributed by atoms with E-state index in [-0.39, 0.29) is 0 Å². The van der Waals surface area contributed by atoms with E-state index in [0.717, 1.165) is 11.3 Å². The molecule has 0 aromatic heterocycles. The van der Waals surface area contributed by atoms with Crippen LogP contribution in [0.3, 0.4) is 0 Å². The summed E-state index contributed by atoms with van der Waals surface area (Å²) in [7, 11) is 1.34. The van der Waals surface area contributed by atoms with Crippen LogP contribution in [0, 0.1) is 11.3 Å². The standard InChI is InChI=1S/C22H19N3O4S/c1-13-19(21(26)27-2)20(15-5-3-4-14(10-15)12-23)24-22(30)25(13)16-6-7-17-18(11-16)29-9-8-28-17/h3-7,10-11,20H,8-9H2,1-2H3,(H,24,30)/t20-/m1/s1. The summed E-state index contributed by atoms with van der Waals surface area (Å²) >= 11 is 5.65. The second-order valence-electron chi connectivity index (χ2n) is 6.77. The van der Waals surface area contributed by atoms with Gasteiger partial charge in [-0.15, -0.1) is 0 Å². The highest BCUT2D eigenvalue weighted by Crippen LogP contribution is 2.38. The van der Waals surface area contributed by atoms with Crippen LogP contribution < -0.4 is 19.7 Å². The van der Waals surface area contributed by atoms with Crippen molar-refractivity contribution >= 4 is 29.0 Å². The molecule has 0 radical (unpaired) electrons. The van der Waals surface area contributed by atoms with Gasteiger partial charge in [0.1, 0.15) is 13.2 Å². The molecule has 0 unspecified atom stereocenters. The van der Waals surface area contributed by atoms with Gasteiger partial charge in [0.05, 0.1) is 36.0 Å². The first-order chi connectivity index (χ1) is 14.5. The number of nitrogens with zero attached hydrogens (tertiary/aromatic N) is 2. The number of anilines is 1. The highest BCUT2D eigenvalue weighted by molar-refractivity contribution is 7.80. The molecule has 0 fully saturated rings. The number of esters is 1. The van der Waals surface area contributed by atoms with E-state index in [2.05, 4.69) is 11.4 Å². The first kappa shape index (κ1) is 19.7. The quantitative estimate of drug-likeness (QED) is 0.598. The largest absolute Gasteiger partial charge is 0.486 e. The molecule has 2 aromatic rings. The molecular weight excluding hydrogens is 402 g/mol. The van der Waals surface area contributed by atoms with Gasteiger partial charge in [-0.25, -0.2) is 4.79 Å². The molecule has 0 saturated carbocycles. The number of carbonyl (C=O) groups is 1. The van der Waals surface area contributed by atoms with Crippen molar-refractivity contribution in [2.45, 2.75) is 13.0 Å². The lowest BCUT2D eigenvalue weighted by atomic mass is 9.93. The zero-order chi connectivity index (χ0) is 21.3. The van der Waals surface area contributed by atoms with E-state index >= 15 is 0 Å². The molecule has 0 spiro atoms. The van der Waals surface area contributed by atoms with Crippen LogP contribution in [-0.4, -0.2) is 31.4 Å². The SMILES string of the molecule is COC(=O)C1=C(C)N(c2ccc3c(c2)OCCO3)C(=S)N[C@@H]1c1cccc(C#N)c1. The maximum atomic E-state index is 12.7. The summed E-state index contributed by atoms with van der Waals surface area (Å²) in [5, 5.41) is 12.9. The van der Waals surface area contributed by atoms with Gasteiger partial charge in [-0.3, -0.25) is 4.90 Å². The average Bonchev–Trinajstić information content (AvgIpc) is 2.78. The van der Waals surface area contributed by atoms with Crippen LogP contribution in [0.1, 0.15) is 24.1 Å². The molecule has 7 nitrogen and oxygen atoms in total. The summed E-state index contributed by atoms with van der Waals surface area (Å²) in [4.78, 5) is 14.5. The van der Waals surface area contributed by atoms with Gasteiger partial charge in [0.2, 0.25) is 0 Å². The number of benzene rings is 2. The Balaban J connectivity index is 1.81. The molecule has 2 aromatic carbocycles. The van der Waals surface area contributed by atoms with Crippen LogP contribution in [-0.2, 0) is 9.53 Å². The molecule has 0 saturated heterocycles. The molecule has 4 rings (SSSR count). The minimum Gasteiger partial charge on any atom is -0.486 e. The molecule has 2 aliphatic rings. The topological polar surface area (TPSA) is 83.8 Å². The van der Waals surface area contributed by atoms with Gasteiger partial charge in [-0.1, -0.05) is 12.1 Å². The maximum absolute atomic E-state index is 12.7. The highest BCUT2D eigenvalue weighted by atomic mass is 32.1. The maximum Gasteiger partial charge on any atom is 0.337 e. The van der Waals surface area contributed by atoms with Crippen LogP contribution >= 0.6 is 12.2 Å². The second-order valence-corrected chi connectivity index (χ2v) is 7.16. The third-order valence-electron chi connectivity index (χ3n) is 5.02. The van der Waals surface area contributed by atoms with Crippen LogP contribution in [0.25, 0.3) is 0 Å². The van der Waals surface area contributed by atoms with Crippen molar-refractivity contribution < 1.29 is 19.0 Å². The fourth-order valence-electron chi connectivity index (χ4n) is 3.64. The predicted molar refractivity (Wildman–Crippen MR) is 114 cm³/mol. The number of carbonyl (C=O) groups excluding carboxylic acids is 1. The van der Waals surface area contributed by atoms with E-state index < -0.39 is 12.0 Å². The number of hydrogen-bond acceptors (Lipinski definition) is 6. The monoisotopic (exact) mass is 421 g/mol. The smallest absolute Gasteiger partial charge is 0.337 e. The molecule has 0 bridgehead atoms. The van der Waals surface area contributed by atoms with E-state index in [0.29, 0.717) is 46.7 Å². The summed E-state index contributed by atoms with van der Waals surface area (Å²) in [6, 6.07) is 14.2. The minimum atomic E-state index is -0.535. The minimum absolute atomic E-state index is 0.413. The highest BCUT2D eigenvalue weighted by Gasteiger charge is 2.35. The van der Waals surface area contributed by atoms with E-state index in [1.807, 2.05) is 31.2 Å². The Labute approximate surface area is 179 Å². The fraction of sp³-hybridized carbons (Fsp3) is 0.227. The number of fused-ring (bicyclic) bond motifs is 1. The van der Waals surface area contributed by atoms with Crippen molar-refractivity contribution in [2.24, 2.45) is 0 Å². The lowest BCUT2D eigenvalue weighted by molar-refractivity contribution is -0.136. The van der Waals surface area contributed by atoms with Crippen LogP contribution in [0.2, 0.25) is 0 Å². The van der Waals surface area contributed by atoms with Crippen LogP contribution in [0.5, 0.6) is 11.5 Å². The van der Waals surface area contributed by atoms with Gasteiger partial charge < -0.3 is 19.5 Å². The third kappa shape index (κ3) is 3.44. The van der Waals surface area contributed by atoms with Gasteiger partial charge in [0.15, 0.2) is 16.6 Å². The Morgan fingerprint density at radius 2 is 2.00 bits per heavy atom. The molecule has 2 aliphatic heterocycles. The molecular formula is C22H19N3O4S. The number of hydrogen-bond donors (Lipinski definition) is 1. The van der Waals surface area contributed by atoms with Gasteiger partial charge in [0.25, 0.3) is 0 Å². The first-order valence-electron chi connectivity index (χ1n) is 9.33. The van der Waals surface area contributed by atoms with Gasteiger partial charge >= 0.3 is 5.97 Å². The molecule has 8 heteroatoms. The third-order valence-corrected chi connectivity index (χ3v) is 5.32. The Bertz CT molecular complexity index is 1110. The van der Waals surface area contributed by atoms with Crippen molar-refractivity contribution in [2.75, 3.05) is 25.2 Å². The lowest BCUT2D eigenvalue weighted by Gasteiger charge is -2.37. The summed E-state index contributed by atoms with van der Waals surface area (Å²) in [6.45, 7) is 2.79. The van der Waals surface area contributed by atoms with E-state index in [1.165, 1.54) is 7.11 Å². The van der Waals surface area contributed by atoms with Crippen molar-refractivity contribution in [3.05, 3.63) is 64.9 Å². The van der Waals surface area contributed by atoms with Crippen molar-refractivity contribution in [1.29, 1.82) is 5.26 Å². The molecule has 2 heterocycles. The van der Waals surface area contributed by atoms with Crippen molar-refractivity contribution in [3.63, 3.8) is 0 Å². The van der Waals surface area contributed by atoms with E-state index in [4.69, 9.17) is 26.4 Å². The molecule has 152 valence electrons. The van der Waals surface area contributed by atoms with Crippen molar-refractivity contribution in [3.8, 4) is 17.6 Å². The first-order valence-corrected chi connectivity index (χ1v) is 9.73. The predicted octanol–water partition coefficient (Wildman–Crippen LogP) is 3.21. The molecule has 30 heavy (non-hydrogen) atoms. The number of nitrogens with one attached hydrogen (secondary N) is 1. The van der Waals surface area contributed by atoms with E-state index in [9.17, 15) is 10.1 Å². The summed E-state index contributed by atoms with van der Waals surface area (Å²) in [5.74, 6) is 0.817. The Morgan fingerprint density at radius 3 is 2.73 bits per heavy atom. The summed E-state index contributed by atoms with van der Waals surface area (Å²) in [5.41, 5.74) is 3.03. The van der Waals surface area contributed by atoms with Gasteiger partial charge in [-0.05, 0) is 49.0 Å². The number of rotatable bonds is 3. The number of ether oxygens (including phenoxy) is 3. The molecule has 1 N–H and O–H groups in total. The van der Waals surface area contributed by atoms with Crippen LogP contribution in [0.4, 0.5) is 5.69 Å². The number of nitriles is 1. The fourth-order valence-corrected chi connectivity index (χ4v) is 4.00. The van der Waals surface area contributed by atoms with Crippen LogP contribution in [0.15, 0.2) is 53.7 Å². The normalized spacial score (nSPS) is 17.8. The summed E-state index contributed by atoms with van der Waals surface area (Å²) in [6.07, 6.45) is 0. The lowest BCUT2D eigenvalue weighted by Crippen LogP contribution is -2.48. The number of allylic oxidation sites excluding steroid dienone is 1. The zero-order valence-corrected chi connectivity index (χ0v) is 17.3. The Hall–Kier alpha value is -3.57. The van der Waals surface area contributed by atoms with Gasteiger partial charge in [-0.2, -0.15) is 5.26 Å². The molecule has 1 atom stereocenters. The zero-order valence-electron chi connectivity index (χ0n) is 16.5. The van der Waals surface area contributed by atoms with E-state index in [1.54, 1.807) is 23.1 Å². The van der Waals surface area contributed by atoms with Gasteiger partial charge in [0, 0.05) is 11.8 Å².